The topological polar surface area (TPSA) is 43.4 Å². The van der Waals surface area contributed by atoms with E-state index in [0.717, 1.165) is 19.3 Å². The molecule has 3 nitrogen and oxygen atoms in total. The van der Waals surface area contributed by atoms with Crippen molar-refractivity contribution >= 4 is 10.1 Å². The van der Waals surface area contributed by atoms with Crippen LogP contribution in [0.3, 0.4) is 0 Å². The Morgan fingerprint density at radius 3 is 2.40 bits per heavy atom. The molecule has 1 aromatic rings. The lowest BCUT2D eigenvalue weighted by Crippen LogP contribution is -2.18. The predicted molar refractivity (Wildman–Crippen MR) is 83.5 cm³/mol. The molecule has 0 unspecified atom stereocenters. The molecule has 20 heavy (non-hydrogen) atoms. The van der Waals surface area contributed by atoms with E-state index in [4.69, 9.17) is 4.18 Å². The molecule has 4 heteroatoms. The van der Waals surface area contributed by atoms with Crippen LogP contribution in [0.25, 0.3) is 0 Å². The van der Waals surface area contributed by atoms with Crippen molar-refractivity contribution < 1.29 is 12.6 Å². The smallest absolute Gasteiger partial charge is 0.267 e. The third-order valence-corrected chi connectivity index (χ3v) is 5.07. The molecule has 0 saturated carbocycles. The van der Waals surface area contributed by atoms with E-state index in [9.17, 15) is 8.42 Å². The van der Waals surface area contributed by atoms with Crippen LogP contribution in [0, 0.1) is 0 Å². The van der Waals surface area contributed by atoms with Gasteiger partial charge in [0.15, 0.2) is 0 Å². The monoisotopic (exact) mass is 298 g/mol. The van der Waals surface area contributed by atoms with Crippen LogP contribution in [0.5, 0.6) is 0 Å². The molecule has 0 aliphatic rings. The first kappa shape index (κ1) is 17.2. The summed E-state index contributed by atoms with van der Waals surface area (Å²) in [7, 11) is -3.32. The molecule has 0 fully saturated rings. The van der Waals surface area contributed by atoms with Crippen molar-refractivity contribution in [3.63, 3.8) is 0 Å². The van der Waals surface area contributed by atoms with Crippen molar-refractivity contribution in [1.29, 1.82) is 0 Å². The van der Waals surface area contributed by atoms with Crippen molar-refractivity contribution in [3.05, 3.63) is 35.4 Å². The van der Waals surface area contributed by atoms with Crippen LogP contribution in [0.1, 0.15) is 51.7 Å². The van der Waals surface area contributed by atoms with Crippen LogP contribution >= 0.6 is 0 Å². The Balaban J connectivity index is 2.66. The quantitative estimate of drug-likeness (QED) is 0.543. The van der Waals surface area contributed by atoms with E-state index < -0.39 is 10.1 Å². The van der Waals surface area contributed by atoms with Gasteiger partial charge in [-0.1, -0.05) is 45.0 Å². The van der Waals surface area contributed by atoms with Crippen LogP contribution in [0.2, 0.25) is 0 Å². The summed E-state index contributed by atoms with van der Waals surface area (Å²) in [5, 5.41) is 0. The Hall–Kier alpha value is -0.870. The van der Waals surface area contributed by atoms with Crippen molar-refractivity contribution in [1.82, 2.24) is 0 Å². The maximum atomic E-state index is 11.3. The summed E-state index contributed by atoms with van der Waals surface area (Å²) in [6.07, 6.45) is 2.64. The first-order valence-electron chi connectivity index (χ1n) is 7.28. The molecule has 114 valence electrons. The summed E-state index contributed by atoms with van der Waals surface area (Å²) < 4.78 is 27.4. The third kappa shape index (κ3) is 4.91. The zero-order chi connectivity index (χ0) is 15.2. The fraction of sp³-hybridized carbons (Fsp3) is 0.625. The Bertz CT molecular complexity index is 518. The van der Waals surface area contributed by atoms with Gasteiger partial charge in [0.25, 0.3) is 10.1 Å². The van der Waals surface area contributed by atoms with Gasteiger partial charge in [-0.2, -0.15) is 8.42 Å². The number of hydrogen-bond acceptors (Lipinski definition) is 3. The average Bonchev–Trinajstić information content (AvgIpc) is 2.44. The third-order valence-electron chi connectivity index (χ3n) is 3.84. The van der Waals surface area contributed by atoms with Gasteiger partial charge in [-0.25, -0.2) is 0 Å². The molecule has 0 amide bonds. The van der Waals surface area contributed by atoms with Gasteiger partial charge < -0.3 is 0 Å². The van der Waals surface area contributed by atoms with Crippen molar-refractivity contribution in [2.24, 2.45) is 0 Å². The molecular formula is C16H26O3S. The Morgan fingerprint density at radius 2 is 1.80 bits per heavy atom. The highest BCUT2D eigenvalue weighted by atomic mass is 32.2. The van der Waals surface area contributed by atoms with Gasteiger partial charge in [0.1, 0.15) is 0 Å². The summed E-state index contributed by atoms with van der Waals surface area (Å²) in [5.74, 6) is 0.0342. The zero-order valence-corrected chi connectivity index (χ0v) is 13.8. The van der Waals surface area contributed by atoms with E-state index in [1.807, 2.05) is 6.07 Å². The van der Waals surface area contributed by atoms with Gasteiger partial charge in [0.2, 0.25) is 0 Å². The Labute approximate surface area is 123 Å². The molecule has 1 aromatic carbocycles. The van der Waals surface area contributed by atoms with Gasteiger partial charge in [-0.15, -0.1) is 0 Å². The Morgan fingerprint density at radius 1 is 1.15 bits per heavy atom. The molecule has 0 saturated heterocycles. The minimum absolute atomic E-state index is 0.0342. The zero-order valence-electron chi connectivity index (χ0n) is 13.0. The first-order valence-corrected chi connectivity index (χ1v) is 8.85. The number of rotatable bonds is 8. The molecule has 0 spiro atoms. The second-order valence-corrected chi connectivity index (χ2v) is 7.59. The molecule has 0 aliphatic heterocycles. The van der Waals surface area contributed by atoms with Gasteiger partial charge in [-0.3, -0.25) is 4.18 Å². The van der Waals surface area contributed by atoms with Crippen LogP contribution in [0.4, 0.5) is 0 Å². The van der Waals surface area contributed by atoms with E-state index in [1.165, 1.54) is 11.1 Å². The standard InChI is InChI=1S/C16H26O3S/c1-5-16(3,4)15-12-8-7-10-14(15)11-9-13-19-20(17,18)6-2/h7-8,10,12H,5-6,9,11,13H2,1-4H3. The normalized spacial score (nSPS) is 12.6. The summed E-state index contributed by atoms with van der Waals surface area (Å²) in [6.45, 7) is 8.52. The second kappa shape index (κ2) is 7.23. The molecule has 0 aliphatic carbocycles. The highest BCUT2D eigenvalue weighted by Gasteiger charge is 2.20. The number of hydrogen-bond donors (Lipinski definition) is 0. The van der Waals surface area contributed by atoms with Crippen LogP contribution < -0.4 is 0 Å². The maximum Gasteiger partial charge on any atom is 0.267 e. The summed E-state index contributed by atoms with van der Waals surface area (Å²) in [5.41, 5.74) is 2.78. The molecule has 1 rings (SSSR count). The van der Waals surface area contributed by atoms with Crippen LogP contribution in [-0.2, 0) is 26.1 Å². The van der Waals surface area contributed by atoms with E-state index in [-0.39, 0.29) is 17.8 Å². The Kier molecular flexibility index (Phi) is 6.21. The second-order valence-electron chi connectivity index (χ2n) is 5.67. The largest absolute Gasteiger partial charge is 0.270 e. The van der Waals surface area contributed by atoms with Gasteiger partial charge in [0, 0.05) is 0 Å². The molecule has 0 aromatic heterocycles. The van der Waals surface area contributed by atoms with Crippen molar-refractivity contribution in [2.45, 2.75) is 52.4 Å². The van der Waals surface area contributed by atoms with Crippen molar-refractivity contribution in [2.75, 3.05) is 12.4 Å². The van der Waals surface area contributed by atoms with Gasteiger partial charge in [0.05, 0.1) is 12.4 Å². The lowest BCUT2D eigenvalue weighted by Gasteiger charge is -2.26. The van der Waals surface area contributed by atoms with E-state index in [2.05, 4.69) is 39.0 Å². The first-order chi connectivity index (χ1) is 9.32. The van der Waals surface area contributed by atoms with E-state index in [0.29, 0.717) is 0 Å². The molecule has 0 bridgehead atoms. The lowest BCUT2D eigenvalue weighted by atomic mass is 9.79. The minimum Gasteiger partial charge on any atom is -0.270 e. The van der Waals surface area contributed by atoms with Crippen molar-refractivity contribution in [3.8, 4) is 0 Å². The van der Waals surface area contributed by atoms with Crippen LogP contribution in [-0.4, -0.2) is 20.8 Å². The fourth-order valence-electron chi connectivity index (χ4n) is 2.12. The van der Waals surface area contributed by atoms with E-state index >= 15 is 0 Å². The summed E-state index contributed by atoms with van der Waals surface area (Å²) >= 11 is 0. The lowest BCUT2D eigenvalue weighted by molar-refractivity contribution is 0.312. The number of benzene rings is 1. The molecule has 0 N–H and O–H groups in total. The minimum atomic E-state index is -3.32. The maximum absolute atomic E-state index is 11.3. The predicted octanol–water partition coefficient (Wildman–Crippen LogP) is 3.67. The fourth-order valence-corrected chi connectivity index (χ4v) is 2.66. The highest BCUT2D eigenvalue weighted by molar-refractivity contribution is 7.86. The number of aryl methyl sites for hydroxylation is 1. The molecular weight excluding hydrogens is 272 g/mol. The average molecular weight is 298 g/mol. The van der Waals surface area contributed by atoms with Gasteiger partial charge >= 0.3 is 0 Å². The van der Waals surface area contributed by atoms with E-state index in [1.54, 1.807) is 6.92 Å². The summed E-state index contributed by atoms with van der Waals surface area (Å²) in [4.78, 5) is 0. The van der Waals surface area contributed by atoms with Gasteiger partial charge in [-0.05, 0) is 42.7 Å². The highest BCUT2D eigenvalue weighted by Crippen LogP contribution is 2.30. The van der Waals surface area contributed by atoms with Crippen LogP contribution in [0.15, 0.2) is 24.3 Å². The SMILES string of the molecule is CCC(C)(C)c1ccccc1CCCOS(=O)(=O)CC. The molecule has 0 heterocycles. The molecule has 0 radical (unpaired) electrons. The molecule has 0 atom stereocenters. The summed E-state index contributed by atoms with van der Waals surface area (Å²) in [6, 6.07) is 8.39.